The summed E-state index contributed by atoms with van der Waals surface area (Å²) in [6.07, 6.45) is 1.05. The average Bonchev–Trinajstić information content (AvgIpc) is 2.43. The summed E-state index contributed by atoms with van der Waals surface area (Å²) in [6.45, 7) is 10.0. The fourth-order valence-corrected chi connectivity index (χ4v) is 1.93. The normalized spacial score (nSPS) is 12.0. The highest BCUT2D eigenvalue weighted by Crippen LogP contribution is 2.17. The summed E-state index contributed by atoms with van der Waals surface area (Å²) in [7, 11) is 0. The second kappa shape index (κ2) is 8.59. The van der Waals surface area contributed by atoms with E-state index in [1.807, 2.05) is 39.0 Å². The Morgan fingerprint density at radius 2 is 2.10 bits per heavy atom. The Hall–Kier alpha value is -1.55. The van der Waals surface area contributed by atoms with Crippen LogP contribution >= 0.6 is 0 Å². The molecule has 1 aromatic carbocycles. The number of aryl methyl sites for hydroxylation is 1. The Bertz CT molecular complexity index is 432. The molecule has 0 aliphatic heterocycles. The third-order valence-corrected chi connectivity index (χ3v) is 2.99. The zero-order valence-corrected chi connectivity index (χ0v) is 13.0. The van der Waals surface area contributed by atoms with Crippen molar-refractivity contribution >= 4 is 11.6 Å². The Morgan fingerprint density at radius 1 is 1.35 bits per heavy atom. The predicted molar refractivity (Wildman–Crippen MR) is 83.4 cm³/mol. The largest absolute Gasteiger partial charge is 0.384 e. The van der Waals surface area contributed by atoms with Crippen molar-refractivity contribution in [3.05, 3.63) is 29.3 Å². The standard InChI is InChI=1S/C16H26N2O2/c1-5-9-17-15-8-7-12(3)10-14(15)16(19)18-11-13(4)20-6-2/h7-8,10,13,17H,5-6,9,11H2,1-4H3,(H,18,19). The Morgan fingerprint density at radius 3 is 2.75 bits per heavy atom. The molecule has 1 aromatic rings. The smallest absolute Gasteiger partial charge is 0.253 e. The molecule has 0 radical (unpaired) electrons. The van der Waals surface area contributed by atoms with Crippen LogP contribution in [0.25, 0.3) is 0 Å². The zero-order chi connectivity index (χ0) is 15.0. The first kappa shape index (κ1) is 16.5. The molecule has 0 saturated carbocycles. The summed E-state index contributed by atoms with van der Waals surface area (Å²) in [5, 5.41) is 6.22. The Kier molecular flexibility index (Phi) is 7.09. The zero-order valence-electron chi connectivity index (χ0n) is 13.0. The van der Waals surface area contributed by atoms with Crippen LogP contribution < -0.4 is 10.6 Å². The number of hydrogen-bond donors (Lipinski definition) is 2. The maximum Gasteiger partial charge on any atom is 0.253 e. The molecule has 0 spiro atoms. The van der Waals surface area contributed by atoms with Gasteiger partial charge in [-0.25, -0.2) is 0 Å². The highest BCUT2D eigenvalue weighted by molar-refractivity contribution is 5.99. The number of carbonyl (C=O) groups is 1. The van der Waals surface area contributed by atoms with Gasteiger partial charge < -0.3 is 15.4 Å². The molecule has 0 aromatic heterocycles. The summed E-state index contributed by atoms with van der Waals surface area (Å²) >= 11 is 0. The molecule has 1 atom stereocenters. The van der Waals surface area contributed by atoms with Crippen molar-refractivity contribution in [2.45, 2.75) is 40.2 Å². The lowest BCUT2D eigenvalue weighted by molar-refractivity contribution is 0.0695. The van der Waals surface area contributed by atoms with Crippen molar-refractivity contribution in [1.82, 2.24) is 5.32 Å². The van der Waals surface area contributed by atoms with Gasteiger partial charge in [0, 0.05) is 25.4 Å². The molecule has 1 unspecified atom stereocenters. The first-order valence-corrected chi connectivity index (χ1v) is 7.32. The number of ether oxygens (including phenoxy) is 1. The molecule has 4 nitrogen and oxygen atoms in total. The van der Waals surface area contributed by atoms with Gasteiger partial charge in [0.05, 0.1) is 11.7 Å². The van der Waals surface area contributed by atoms with E-state index in [0.717, 1.165) is 24.2 Å². The van der Waals surface area contributed by atoms with Crippen LogP contribution in [0.2, 0.25) is 0 Å². The number of nitrogens with one attached hydrogen (secondary N) is 2. The van der Waals surface area contributed by atoms with Crippen LogP contribution in [0, 0.1) is 6.92 Å². The van der Waals surface area contributed by atoms with Crippen molar-refractivity contribution in [2.75, 3.05) is 25.0 Å². The lowest BCUT2D eigenvalue weighted by atomic mass is 10.1. The van der Waals surface area contributed by atoms with Gasteiger partial charge in [-0.15, -0.1) is 0 Å². The van der Waals surface area contributed by atoms with E-state index in [1.54, 1.807) is 0 Å². The lowest BCUT2D eigenvalue weighted by Crippen LogP contribution is -2.32. The van der Waals surface area contributed by atoms with Gasteiger partial charge in [-0.3, -0.25) is 4.79 Å². The minimum Gasteiger partial charge on any atom is -0.384 e. The van der Waals surface area contributed by atoms with Gasteiger partial charge in [-0.1, -0.05) is 18.6 Å². The first-order valence-electron chi connectivity index (χ1n) is 7.32. The summed E-state index contributed by atoms with van der Waals surface area (Å²) in [5.41, 5.74) is 2.66. The molecule has 0 saturated heterocycles. The predicted octanol–water partition coefficient (Wildman–Crippen LogP) is 2.97. The Labute approximate surface area is 121 Å². The van der Waals surface area contributed by atoms with Crippen LogP contribution in [0.15, 0.2) is 18.2 Å². The van der Waals surface area contributed by atoms with Gasteiger partial charge in [-0.2, -0.15) is 0 Å². The molecule has 0 aliphatic rings. The van der Waals surface area contributed by atoms with E-state index in [1.165, 1.54) is 0 Å². The van der Waals surface area contributed by atoms with Gasteiger partial charge in [0.1, 0.15) is 0 Å². The van der Waals surface area contributed by atoms with E-state index in [9.17, 15) is 4.79 Å². The second-order valence-corrected chi connectivity index (χ2v) is 4.95. The molecule has 0 bridgehead atoms. The van der Waals surface area contributed by atoms with Crippen LogP contribution in [-0.2, 0) is 4.74 Å². The number of hydrogen-bond acceptors (Lipinski definition) is 3. The van der Waals surface area contributed by atoms with Crippen LogP contribution in [-0.4, -0.2) is 31.7 Å². The summed E-state index contributed by atoms with van der Waals surface area (Å²) in [4.78, 5) is 12.3. The average molecular weight is 278 g/mol. The number of carbonyl (C=O) groups excluding carboxylic acids is 1. The minimum absolute atomic E-state index is 0.0285. The van der Waals surface area contributed by atoms with Crippen LogP contribution in [0.1, 0.15) is 43.1 Å². The minimum atomic E-state index is -0.0566. The van der Waals surface area contributed by atoms with Crippen molar-refractivity contribution in [3.8, 4) is 0 Å². The van der Waals surface area contributed by atoms with E-state index in [4.69, 9.17) is 4.74 Å². The number of anilines is 1. The monoisotopic (exact) mass is 278 g/mol. The van der Waals surface area contributed by atoms with E-state index < -0.39 is 0 Å². The molecule has 112 valence electrons. The summed E-state index contributed by atoms with van der Waals surface area (Å²) < 4.78 is 5.42. The van der Waals surface area contributed by atoms with E-state index in [-0.39, 0.29) is 12.0 Å². The summed E-state index contributed by atoms with van der Waals surface area (Å²) in [5.74, 6) is -0.0566. The highest BCUT2D eigenvalue weighted by atomic mass is 16.5. The Balaban J connectivity index is 2.72. The molecule has 2 N–H and O–H groups in total. The topological polar surface area (TPSA) is 50.4 Å². The molecular formula is C16H26N2O2. The van der Waals surface area contributed by atoms with E-state index in [0.29, 0.717) is 18.7 Å². The molecule has 20 heavy (non-hydrogen) atoms. The van der Waals surface area contributed by atoms with Crippen molar-refractivity contribution in [3.63, 3.8) is 0 Å². The fraction of sp³-hybridized carbons (Fsp3) is 0.562. The third-order valence-electron chi connectivity index (χ3n) is 2.99. The van der Waals surface area contributed by atoms with E-state index >= 15 is 0 Å². The van der Waals surface area contributed by atoms with Crippen molar-refractivity contribution in [1.29, 1.82) is 0 Å². The molecule has 0 heterocycles. The van der Waals surface area contributed by atoms with Gasteiger partial charge in [0.15, 0.2) is 0 Å². The number of rotatable bonds is 8. The number of benzene rings is 1. The highest BCUT2D eigenvalue weighted by Gasteiger charge is 2.12. The van der Waals surface area contributed by atoms with Crippen molar-refractivity contribution in [2.24, 2.45) is 0 Å². The molecule has 4 heteroatoms. The van der Waals surface area contributed by atoms with Gasteiger partial charge >= 0.3 is 0 Å². The second-order valence-electron chi connectivity index (χ2n) is 4.95. The third kappa shape index (κ3) is 5.21. The lowest BCUT2D eigenvalue weighted by Gasteiger charge is -2.15. The van der Waals surface area contributed by atoms with Crippen molar-refractivity contribution < 1.29 is 9.53 Å². The van der Waals surface area contributed by atoms with E-state index in [2.05, 4.69) is 17.6 Å². The van der Waals surface area contributed by atoms with Gasteiger partial charge in [0.25, 0.3) is 5.91 Å². The molecule has 0 fully saturated rings. The van der Waals surface area contributed by atoms with Crippen LogP contribution in [0.5, 0.6) is 0 Å². The maximum absolute atomic E-state index is 12.3. The maximum atomic E-state index is 12.3. The quantitative estimate of drug-likeness (QED) is 0.768. The van der Waals surface area contributed by atoms with Gasteiger partial charge in [0.2, 0.25) is 0 Å². The molecular weight excluding hydrogens is 252 g/mol. The van der Waals surface area contributed by atoms with Gasteiger partial charge in [-0.05, 0) is 39.3 Å². The fourth-order valence-electron chi connectivity index (χ4n) is 1.93. The van der Waals surface area contributed by atoms with Crippen LogP contribution in [0.3, 0.4) is 0 Å². The molecule has 1 rings (SSSR count). The molecule has 1 amide bonds. The van der Waals surface area contributed by atoms with Crippen LogP contribution in [0.4, 0.5) is 5.69 Å². The molecule has 0 aliphatic carbocycles. The summed E-state index contributed by atoms with van der Waals surface area (Å²) in [6, 6.07) is 5.89. The SMILES string of the molecule is CCCNc1ccc(C)cc1C(=O)NCC(C)OCC. The number of amides is 1. The first-order chi connectivity index (χ1) is 9.58.